The van der Waals surface area contributed by atoms with Crippen molar-refractivity contribution >= 4 is 33.6 Å². The summed E-state index contributed by atoms with van der Waals surface area (Å²) in [6, 6.07) is 7.66. The molecular weight excluding hydrogens is 330 g/mol. The lowest BCUT2D eigenvalue weighted by molar-refractivity contribution is -0.138. The predicted octanol–water partition coefficient (Wildman–Crippen LogP) is 1.76. The highest BCUT2D eigenvalue weighted by Crippen LogP contribution is 2.21. The molecule has 1 N–H and O–H groups in total. The molecule has 0 saturated carbocycles. The monoisotopic (exact) mass is 345 g/mol. The van der Waals surface area contributed by atoms with Gasteiger partial charge in [0.2, 0.25) is 5.91 Å². The molecule has 19 heavy (non-hydrogen) atoms. The van der Waals surface area contributed by atoms with Gasteiger partial charge in [-0.1, -0.05) is 15.9 Å². The van der Waals surface area contributed by atoms with E-state index in [0.717, 1.165) is 9.37 Å². The topological polar surface area (TPSA) is 49.8 Å². The van der Waals surface area contributed by atoms with Crippen molar-refractivity contribution < 1.29 is 14.6 Å². The average Bonchev–Trinajstić information content (AvgIpc) is 2.46. The first-order valence-electron chi connectivity index (χ1n) is 6.07. The van der Waals surface area contributed by atoms with Crippen molar-refractivity contribution in [1.82, 2.24) is 4.90 Å². The molecule has 4 nitrogen and oxygen atoms in total. The van der Waals surface area contributed by atoms with Gasteiger partial charge in [0.1, 0.15) is 0 Å². The van der Waals surface area contributed by atoms with Crippen LogP contribution < -0.4 is 0 Å². The number of carbonyl (C=O) groups is 1. The molecule has 0 aromatic heterocycles. The van der Waals surface area contributed by atoms with E-state index in [4.69, 9.17) is 4.74 Å². The smallest absolute Gasteiger partial charge is 0.233 e. The van der Waals surface area contributed by atoms with E-state index in [1.165, 1.54) is 11.8 Å². The van der Waals surface area contributed by atoms with Crippen LogP contribution in [0.2, 0.25) is 0 Å². The van der Waals surface area contributed by atoms with Gasteiger partial charge in [0.05, 0.1) is 31.6 Å². The van der Waals surface area contributed by atoms with E-state index in [1.807, 2.05) is 24.3 Å². The van der Waals surface area contributed by atoms with Crippen LogP contribution in [-0.2, 0) is 9.53 Å². The molecule has 1 saturated heterocycles. The van der Waals surface area contributed by atoms with Gasteiger partial charge in [-0.2, -0.15) is 0 Å². The fourth-order valence-electron chi connectivity index (χ4n) is 1.89. The third-order valence-electron chi connectivity index (χ3n) is 2.93. The number of carbonyl (C=O) groups excluding carboxylic acids is 1. The molecule has 0 radical (unpaired) electrons. The summed E-state index contributed by atoms with van der Waals surface area (Å²) in [5, 5.41) is 9.24. The van der Waals surface area contributed by atoms with Crippen LogP contribution in [0.4, 0.5) is 0 Å². The molecule has 1 amide bonds. The molecule has 2 rings (SSSR count). The van der Waals surface area contributed by atoms with Crippen LogP contribution in [0.1, 0.15) is 0 Å². The molecule has 1 atom stereocenters. The number of morpholine rings is 1. The van der Waals surface area contributed by atoms with Crippen molar-refractivity contribution in [2.45, 2.75) is 10.9 Å². The number of aliphatic hydroxyl groups excluding tert-OH is 1. The van der Waals surface area contributed by atoms with Crippen molar-refractivity contribution in [3.05, 3.63) is 28.7 Å². The summed E-state index contributed by atoms with van der Waals surface area (Å²) in [5.41, 5.74) is 0. The maximum absolute atomic E-state index is 12.1. The second kappa shape index (κ2) is 7.28. The Kier molecular flexibility index (Phi) is 5.69. The van der Waals surface area contributed by atoms with Gasteiger partial charge in [-0.05, 0) is 24.3 Å². The zero-order valence-electron chi connectivity index (χ0n) is 10.4. The van der Waals surface area contributed by atoms with Gasteiger partial charge in [-0.25, -0.2) is 0 Å². The summed E-state index contributed by atoms with van der Waals surface area (Å²) in [5.74, 6) is 0.438. The standard InChI is InChI=1S/C13H16BrNO3S/c14-10-1-3-12(4-2-10)19-9-13(17)15-5-6-18-8-11(15)7-16/h1-4,11,16H,5-9H2. The third-order valence-corrected chi connectivity index (χ3v) is 4.46. The highest BCUT2D eigenvalue weighted by Gasteiger charge is 2.26. The van der Waals surface area contributed by atoms with Gasteiger partial charge in [-0.15, -0.1) is 11.8 Å². The van der Waals surface area contributed by atoms with Gasteiger partial charge in [0, 0.05) is 15.9 Å². The number of nitrogens with zero attached hydrogens (tertiary/aromatic N) is 1. The maximum atomic E-state index is 12.1. The Bertz CT molecular complexity index is 426. The van der Waals surface area contributed by atoms with Gasteiger partial charge >= 0.3 is 0 Å². The Balaban J connectivity index is 1.87. The Morgan fingerprint density at radius 1 is 1.47 bits per heavy atom. The Morgan fingerprint density at radius 3 is 2.89 bits per heavy atom. The molecule has 1 heterocycles. The highest BCUT2D eigenvalue weighted by atomic mass is 79.9. The molecule has 0 aliphatic carbocycles. The van der Waals surface area contributed by atoms with Gasteiger partial charge in [0.15, 0.2) is 0 Å². The van der Waals surface area contributed by atoms with Crippen LogP contribution in [0.5, 0.6) is 0 Å². The van der Waals surface area contributed by atoms with Crippen molar-refractivity contribution in [2.24, 2.45) is 0 Å². The minimum Gasteiger partial charge on any atom is -0.394 e. The fourth-order valence-corrected chi connectivity index (χ4v) is 2.94. The van der Waals surface area contributed by atoms with E-state index in [2.05, 4.69) is 15.9 Å². The van der Waals surface area contributed by atoms with Crippen LogP contribution in [0.25, 0.3) is 0 Å². The van der Waals surface area contributed by atoms with E-state index < -0.39 is 0 Å². The summed E-state index contributed by atoms with van der Waals surface area (Å²) in [4.78, 5) is 14.9. The molecule has 1 unspecified atom stereocenters. The third kappa shape index (κ3) is 4.21. The van der Waals surface area contributed by atoms with E-state index in [1.54, 1.807) is 4.90 Å². The van der Waals surface area contributed by atoms with E-state index in [0.29, 0.717) is 25.5 Å². The molecule has 1 aliphatic rings. The number of rotatable bonds is 4. The van der Waals surface area contributed by atoms with Crippen LogP contribution in [0.3, 0.4) is 0 Å². The molecule has 1 aromatic carbocycles. The molecule has 0 bridgehead atoms. The SMILES string of the molecule is O=C(CSc1ccc(Br)cc1)N1CCOCC1CO. The summed E-state index contributed by atoms with van der Waals surface area (Å²) in [7, 11) is 0. The van der Waals surface area contributed by atoms with Crippen molar-refractivity contribution in [3.63, 3.8) is 0 Å². The van der Waals surface area contributed by atoms with E-state index in [9.17, 15) is 9.90 Å². The Hall–Kier alpha value is -0.560. The minimum atomic E-state index is -0.202. The summed E-state index contributed by atoms with van der Waals surface area (Å²) < 4.78 is 6.29. The Morgan fingerprint density at radius 2 is 2.21 bits per heavy atom. The number of ether oxygens (including phenoxy) is 1. The zero-order chi connectivity index (χ0) is 13.7. The van der Waals surface area contributed by atoms with Crippen LogP contribution in [0, 0.1) is 0 Å². The lowest BCUT2D eigenvalue weighted by Crippen LogP contribution is -2.51. The first-order chi connectivity index (χ1) is 9.20. The zero-order valence-corrected chi connectivity index (χ0v) is 12.8. The molecule has 0 spiro atoms. The molecule has 104 valence electrons. The van der Waals surface area contributed by atoms with Crippen LogP contribution >= 0.6 is 27.7 Å². The molecule has 1 aliphatic heterocycles. The average molecular weight is 346 g/mol. The summed E-state index contributed by atoms with van der Waals surface area (Å²) in [6.45, 7) is 1.48. The number of benzene rings is 1. The minimum absolute atomic E-state index is 0.0469. The Labute approximate surface area is 125 Å². The predicted molar refractivity (Wildman–Crippen MR) is 78.3 cm³/mol. The summed E-state index contributed by atoms with van der Waals surface area (Å²) in [6.07, 6.45) is 0. The second-order valence-electron chi connectivity index (χ2n) is 4.24. The lowest BCUT2D eigenvalue weighted by Gasteiger charge is -2.34. The number of amides is 1. The number of halogens is 1. The normalized spacial score (nSPS) is 19.5. The van der Waals surface area contributed by atoms with Gasteiger partial charge in [0.25, 0.3) is 0 Å². The van der Waals surface area contributed by atoms with E-state index in [-0.39, 0.29) is 18.6 Å². The first-order valence-corrected chi connectivity index (χ1v) is 7.85. The van der Waals surface area contributed by atoms with Crippen molar-refractivity contribution in [3.8, 4) is 0 Å². The first kappa shape index (κ1) is 14.8. The second-order valence-corrected chi connectivity index (χ2v) is 6.21. The van der Waals surface area contributed by atoms with Crippen molar-refractivity contribution in [1.29, 1.82) is 0 Å². The largest absolute Gasteiger partial charge is 0.394 e. The molecule has 1 fully saturated rings. The number of aliphatic hydroxyl groups is 1. The summed E-state index contributed by atoms with van der Waals surface area (Å²) >= 11 is 4.89. The number of thioether (sulfide) groups is 1. The number of hydrogen-bond acceptors (Lipinski definition) is 4. The maximum Gasteiger partial charge on any atom is 0.233 e. The van der Waals surface area contributed by atoms with Crippen LogP contribution in [-0.4, -0.2) is 54.1 Å². The quantitative estimate of drug-likeness (QED) is 0.845. The van der Waals surface area contributed by atoms with Crippen molar-refractivity contribution in [2.75, 3.05) is 32.1 Å². The fraction of sp³-hybridized carbons (Fsp3) is 0.462. The van der Waals surface area contributed by atoms with Crippen LogP contribution in [0.15, 0.2) is 33.6 Å². The molecule has 6 heteroatoms. The lowest BCUT2D eigenvalue weighted by atomic mass is 10.2. The molecule has 1 aromatic rings. The van der Waals surface area contributed by atoms with Gasteiger partial charge < -0.3 is 14.7 Å². The molecular formula is C13H16BrNO3S. The van der Waals surface area contributed by atoms with Gasteiger partial charge in [-0.3, -0.25) is 4.79 Å². The highest BCUT2D eigenvalue weighted by molar-refractivity contribution is 9.10. The number of hydrogen-bond donors (Lipinski definition) is 1. The van der Waals surface area contributed by atoms with E-state index >= 15 is 0 Å².